The summed E-state index contributed by atoms with van der Waals surface area (Å²) in [4.78, 5) is 29.3. The van der Waals surface area contributed by atoms with Gasteiger partial charge in [0.1, 0.15) is 18.1 Å². The number of hydrogen-bond acceptors (Lipinski definition) is 7. The van der Waals surface area contributed by atoms with Gasteiger partial charge in [0, 0.05) is 25.3 Å². The number of para-hydroxylation sites is 2. The number of carbonyl (C=O) groups excluding carboxylic acids is 2. The second-order valence-corrected chi connectivity index (χ2v) is 9.14. The molecule has 198 valence electrons. The van der Waals surface area contributed by atoms with Gasteiger partial charge in [-0.05, 0) is 31.0 Å². The number of aromatic nitrogens is 3. The predicted molar refractivity (Wildman–Crippen MR) is 138 cm³/mol. The maximum atomic E-state index is 13.9. The molecule has 1 atom stereocenters. The molecule has 0 bridgehead atoms. The first-order chi connectivity index (χ1) is 18.1. The Morgan fingerprint density at radius 1 is 1.05 bits per heavy atom. The first kappa shape index (κ1) is 26.4. The SMILES string of the molecule is COCCN(C(=O)Cn1nnc2ccccc21)[C@@H](C(=O)NC1CCCCC1)c1cccc(OC)c1OC. The lowest BCUT2D eigenvalue weighted by atomic mass is 9.94. The van der Waals surface area contributed by atoms with E-state index in [4.69, 9.17) is 14.2 Å². The lowest BCUT2D eigenvalue weighted by Crippen LogP contribution is -2.49. The summed E-state index contributed by atoms with van der Waals surface area (Å²) in [5.41, 5.74) is 1.98. The molecule has 37 heavy (non-hydrogen) atoms. The van der Waals surface area contributed by atoms with E-state index in [1.54, 1.807) is 37.1 Å². The average molecular weight is 510 g/mol. The predicted octanol–water partition coefficient (Wildman–Crippen LogP) is 3.11. The molecule has 4 rings (SSSR count). The highest BCUT2D eigenvalue weighted by molar-refractivity contribution is 5.90. The second kappa shape index (κ2) is 12.5. The Balaban J connectivity index is 1.72. The molecule has 1 heterocycles. The average Bonchev–Trinajstić information content (AvgIpc) is 3.33. The van der Waals surface area contributed by atoms with Crippen molar-refractivity contribution >= 4 is 22.8 Å². The van der Waals surface area contributed by atoms with Gasteiger partial charge in [0.2, 0.25) is 11.8 Å². The van der Waals surface area contributed by atoms with Crippen LogP contribution in [0.1, 0.15) is 43.7 Å². The van der Waals surface area contributed by atoms with E-state index in [2.05, 4.69) is 15.6 Å². The number of ether oxygens (including phenoxy) is 3. The van der Waals surface area contributed by atoms with Crippen LogP contribution in [0.3, 0.4) is 0 Å². The summed E-state index contributed by atoms with van der Waals surface area (Å²) in [7, 11) is 4.64. The number of hydrogen-bond donors (Lipinski definition) is 1. The summed E-state index contributed by atoms with van der Waals surface area (Å²) < 4.78 is 18.1. The summed E-state index contributed by atoms with van der Waals surface area (Å²) in [6, 6.07) is 11.9. The Hall–Kier alpha value is -3.66. The van der Waals surface area contributed by atoms with Crippen molar-refractivity contribution in [2.24, 2.45) is 0 Å². The van der Waals surface area contributed by atoms with Crippen molar-refractivity contribution in [1.82, 2.24) is 25.2 Å². The molecule has 10 heteroatoms. The van der Waals surface area contributed by atoms with E-state index in [1.807, 2.05) is 24.3 Å². The van der Waals surface area contributed by atoms with Gasteiger partial charge in [0.25, 0.3) is 0 Å². The van der Waals surface area contributed by atoms with Gasteiger partial charge in [-0.1, -0.05) is 48.7 Å². The van der Waals surface area contributed by atoms with Crippen LogP contribution in [0.2, 0.25) is 0 Å². The van der Waals surface area contributed by atoms with Crippen LogP contribution >= 0.6 is 0 Å². The van der Waals surface area contributed by atoms with E-state index in [-0.39, 0.29) is 37.6 Å². The monoisotopic (exact) mass is 509 g/mol. The highest BCUT2D eigenvalue weighted by atomic mass is 16.5. The number of methoxy groups -OCH3 is 3. The summed E-state index contributed by atoms with van der Waals surface area (Å²) in [6.07, 6.45) is 5.16. The molecule has 0 spiro atoms. The van der Waals surface area contributed by atoms with Crippen LogP contribution in [0.25, 0.3) is 11.0 Å². The van der Waals surface area contributed by atoms with E-state index in [0.717, 1.165) is 31.2 Å². The molecule has 0 radical (unpaired) electrons. The van der Waals surface area contributed by atoms with Crippen molar-refractivity contribution in [3.8, 4) is 11.5 Å². The van der Waals surface area contributed by atoms with Crippen molar-refractivity contribution in [3.63, 3.8) is 0 Å². The number of amides is 2. The smallest absolute Gasteiger partial charge is 0.247 e. The lowest BCUT2D eigenvalue weighted by molar-refractivity contribution is -0.142. The van der Waals surface area contributed by atoms with Gasteiger partial charge in [0.15, 0.2) is 11.5 Å². The zero-order valence-corrected chi connectivity index (χ0v) is 21.7. The summed E-state index contributed by atoms with van der Waals surface area (Å²) in [6.45, 7) is 0.373. The van der Waals surface area contributed by atoms with Crippen LogP contribution < -0.4 is 14.8 Å². The van der Waals surface area contributed by atoms with Gasteiger partial charge >= 0.3 is 0 Å². The highest BCUT2D eigenvalue weighted by Crippen LogP contribution is 2.37. The Kier molecular flexibility index (Phi) is 8.95. The molecule has 2 amide bonds. The van der Waals surface area contributed by atoms with Crippen LogP contribution in [-0.4, -0.2) is 72.2 Å². The summed E-state index contributed by atoms with van der Waals surface area (Å²) in [5, 5.41) is 11.5. The molecule has 10 nitrogen and oxygen atoms in total. The van der Waals surface area contributed by atoms with Gasteiger partial charge in [-0.2, -0.15) is 0 Å². The fourth-order valence-corrected chi connectivity index (χ4v) is 4.95. The normalized spacial score (nSPS) is 14.8. The minimum atomic E-state index is -0.954. The molecule has 3 aromatic rings. The number of benzene rings is 2. The maximum absolute atomic E-state index is 13.9. The minimum Gasteiger partial charge on any atom is -0.493 e. The van der Waals surface area contributed by atoms with Crippen molar-refractivity contribution in [3.05, 3.63) is 48.0 Å². The summed E-state index contributed by atoms with van der Waals surface area (Å²) in [5.74, 6) is 0.347. The molecule has 1 aromatic heterocycles. The van der Waals surface area contributed by atoms with Crippen LogP contribution in [0.5, 0.6) is 11.5 Å². The standard InChI is InChI=1S/C27H35N5O5/c1-35-17-16-31(24(33)18-32-22-14-8-7-13-21(22)29-30-32)25(27(34)28-19-10-5-4-6-11-19)20-12-9-15-23(36-2)26(20)37-3/h7-9,12-15,19,25H,4-6,10-11,16-18H2,1-3H3,(H,28,34)/t25-/m1/s1. The molecule has 1 saturated carbocycles. The van der Waals surface area contributed by atoms with Crippen molar-refractivity contribution < 1.29 is 23.8 Å². The fraction of sp³-hybridized carbons (Fsp3) is 0.481. The van der Waals surface area contributed by atoms with E-state index >= 15 is 0 Å². The van der Waals surface area contributed by atoms with E-state index in [1.165, 1.54) is 18.4 Å². The third kappa shape index (κ3) is 6.02. The second-order valence-electron chi connectivity index (χ2n) is 9.14. The van der Waals surface area contributed by atoms with E-state index in [0.29, 0.717) is 22.6 Å². The zero-order chi connectivity index (χ0) is 26.2. The Bertz CT molecular complexity index is 1210. The third-order valence-corrected chi connectivity index (χ3v) is 6.80. The summed E-state index contributed by atoms with van der Waals surface area (Å²) >= 11 is 0. The topological polar surface area (TPSA) is 108 Å². The quantitative estimate of drug-likeness (QED) is 0.423. The molecule has 1 aliphatic rings. The number of nitrogens with zero attached hydrogens (tertiary/aromatic N) is 4. The van der Waals surface area contributed by atoms with Crippen molar-refractivity contribution in [1.29, 1.82) is 0 Å². The largest absolute Gasteiger partial charge is 0.493 e. The minimum absolute atomic E-state index is 0.0685. The Morgan fingerprint density at radius 2 is 1.84 bits per heavy atom. The van der Waals surface area contributed by atoms with Crippen LogP contribution in [0, 0.1) is 0 Å². The molecule has 0 unspecified atom stereocenters. The van der Waals surface area contributed by atoms with Crippen molar-refractivity contribution in [2.75, 3.05) is 34.5 Å². The van der Waals surface area contributed by atoms with Gasteiger partial charge in [-0.25, -0.2) is 4.68 Å². The molecule has 2 aromatic carbocycles. The molecular formula is C27H35N5O5. The van der Waals surface area contributed by atoms with Gasteiger partial charge in [-0.15, -0.1) is 5.10 Å². The third-order valence-electron chi connectivity index (χ3n) is 6.80. The van der Waals surface area contributed by atoms with E-state index in [9.17, 15) is 9.59 Å². The van der Waals surface area contributed by atoms with Crippen LogP contribution in [0.4, 0.5) is 0 Å². The van der Waals surface area contributed by atoms with Gasteiger partial charge in [-0.3, -0.25) is 9.59 Å². The Labute approximate surface area is 216 Å². The number of fused-ring (bicyclic) bond motifs is 1. The molecule has 1 fully saturated rings. The van der Waals surface area contributed by atoms with E-state index < -0.39 is 6.04 Å². The molecule has 1 aliphatic carbocycles. The van der Waals surface area contributed by atoms with Crippen LogP contribution in [0.15, 0.2) is 42.5 Å². The van der Waals surface area contributed by atoms with Crippen LogP contribution in [-0.2, 0) is 20.9 Å². The Morgan fingerprint density at radius 3 is 2.57 bits per heavy atom. The maximum Gasteiger partial charge on any atom is 0.247 e. The number of carbonyl (C=O) groups is 2. The number of nitrogens with one attached hydrogen (secondary N) is 1. The fourth-order valence-electron chi connectivity index (χ4n) is 4.95. The first-order valence-corrected chi connectivity index (χ1v) is 12.6. The lowest BCUT2D eigenvalue weighted by Gasteiger charge is -2.34. The zero-order valence-electron chi connectivity index (χ0n) is 21.7. The van der Waals surface area contributed by atoms with Crippen molar-refractivity contribution in [2.45, 2.75) is 50.7 Å². The highest BCUT2D eigenvalue weighted by Gasteiger charge is 2.35. The van der Waals surface area contributed by atoms with Gasteiger partial charge in [0.05, 0.1) is 26.3 Å². The van der Waals surface area contributed by atoms with Gasteiger partial charge < -0.3 is 24.4 Å². The molecule has 1 N–H and O–H groups in total. The molecule has 0 aliphatic heterocycles. The number of rotatable bonds is 11. The first-order valence-electron chi connectivity index (χ1n) is 12.6. The molecule has 0 saturated heterocycles. The molecular weight excluding hydrogens is 474 g/mol.